The number of hydrogen-bond acceptors (Lipinski definition) is 3. The molecule has 4 aliphatic rings. The number of aliphatic hydroxyl groups excluding tert-OH is 1. The zero-order valence-corrected chi connectivity index (χ0v) is 16.4. The third-order valence-corrected chi connectivity index (χ3v) is 7.26. The lowest BCUT2D eigenvalue weighted by Gasteiger charge is -2.57. The molecule has 26 heavy (non-hydrogen) atoms. The van der Waals surface area contributed by atoms with Crippen LogP contribution in [0.15, 0.2) is 24.3 Å². The molecule has 1 aromatic rings. The van der Waals surface area contributed by atoms with Crippen LogP contribution in [-0.2, 0) is 5.41 Å². The van der Waals surface area contributed by atoms with Gasteiger partial charge in [-0.3, -0.25) is 0 Å². The summed E-state index contributed by atoms with van der Waals surface area (Å²) in [5.41, 5.74) is 1.98. The van der Waals surface area contributed by atoms with Gasteiger partial charge in [0.15, 0.2) is 0 Å². The zero-order valence-electron chi connectivity index (χ0n) is 16.4. The van der Waals surface area contributed by atoms with Crippen LogP contribution in [0.5, 0.6) is 5.75 Å². The average Bonchev–Trinajstić information content (AvgIpc) is 2.63. The molecule has 144 valence electrons. The van der Waals surface area contributed by atoms with Gasteiger partial charge in [-0.1, -0.05) is 19.1 Å². The summed E-state index contributed by atoms with van der Waals surface area (Å²) < 4.78 is 5.82. The predicted molar refractivity (Wildman–Crippen MR) is 106 cm³/mol. The van der Waals surface area contributed by atoms with Gasteiger partial charge < -0.3 is 15.2 Å². The lowest BCUT2D eigenvalue weighted by molar-refractivity contribution is -0.00521. The number of benzene rings is 1. The fourth-order valence-electron chi connectivity index (χ4n) is 6.10. The highest BCUT2D eigenvalue weighted by Crippen LogP contribution is 2.60. The second kappa shape index (κ2) is 7.52. The third kappa shape index (κ3) is 3.80. The SMILES string of the molecule is CC[C@H](C)NC[C@H](O)COc1ccc(C23CC4CC(CC(C4)C2)C3)cc1. The van der Waals surface area contributed by atoms with E-state index in [1.165, 1.54) is 44.1 Å². The Labute approximate surface area is 158 Å². The highest BCUT2D eigenvalue weighted by molar-refractivity contribution is 5.34. The van der Waals surface area contributed by atoms with Crippen molar-refractivity contribution in [3.63, 3.8) is 0 Å². The minimum atomic E-state index is -0.466. The van der Waals surface area contributed by atoms with Gasteiger partial charge in [0.2, 0.25) is 0 Å². The monoisotopic (exact) mass is 357 g/mol. The maximum absolute atomic E-state index is 10.1. The van der Waals surface area contributed by atoms with E-state index < -0.39 is 6.10 Å². The highest BCUT2D eigenvalue weighted by Gasteiger charge is 2.51. The van der Waals surface area contributed by atoms with Crippen LogP contribution in [0.4, 0.5) is 0 Å². The van der Waals surface area contributed by atoms with Crippen molar-refractivity contribution in [2.24, 2.45) is 17.8 Å². The summed E-state index contributed by atoms with van der Waals surface area (Å²) >= 11 is 0. The lowest BCUT2D eigenvalue weighted by Crippen LogP contribution is -2.48. The van der Waals surface area contributed by atoms with E-state index in [-0.39, 0.29) is 0 Å². The van der Waals surface area contributed by atoms with Gasteiger partial charge in [0.25, 0.3) is 0 Å². The Hall–Kier alpha value is -1.06. The molecule has 4 bridgehead atoms. The van der Waals surface area contributed by atoms with E-state index >= 15 is 0 Å². The molecule has 3 nitrogen and oxygen atoms in total. The summed E-state index contributed by atoms with van der Waals surface area (Å²) in [5, 5.41) is 13.4. The Morgan fingerprint density at radius 1 is 1.08 bits per heavy atom. The Morgan fingerprint density at radius 2 is 1.65 bits per heavy atom. The van der Waals surface area contributed by atoms with Gasteiger partial charge in [-0.2, -0.15) is 0 Å². The van der Waals surface area contributed by atoms with Gasteiger partial charge >= 0.3 is 0 Å². The van der Waals surface area contributed by atoms with Gasteiger partial charge in [-0.15, -0.1) is 0 Å². The minimum absolute atomic E-state index is 0.347. The Balaban J connectivity index is 1.33. The summed E-state index contributed by atoms with van der Waals surface area (Å²) in [6.45, 7) is 5.21. The molecule has 0 heterocycles. The largest absolute Gasteiger partial charge is 0.491 e. The molecule has 0 aliphatic heterocycles. The molecule has 4 aliphatic carbocycles. The van der Waals surface area contributed by atoms with Crippen molar-refractivity contribution in [1.82, 2.24) is 5.32 Å². The van der Waals surface area contributed by atoms with Gasteiger partial charge in [0, 0.05) is 12.6 Å². The number of nitrogens with one attached hydrogen (secondary N) is 1. The summed E-state index contributed by atoms with van der Waals surface area (Å²) in [6, 6.07) is 9.26. The van der Waals surface area contributed by atoms with E-state index in [1.807, 2.05) is 0 Å². The van der Waals surface area contributed by atoms with Gasteiger partial charge in [0.1, 0.15) is 18.5 Å². The Morgan fingerprint density at radius 3 is 2.19 bits per heavy atom. The topological polar surface area (TPSA) is 41.5 Å². The molecule has 0 amide bonds. The van der Waals surface area contributed by atoms with Crippen molar-refractivity contribution in [3.05, 3.63) is 29.8 Å². The van der Waals surface area contributed by atoms with E-state index in [9.17, 15) is 5.11 Å². The summed E-state index contributed by atoms with van der Waals surface area (Å²) in [5.74, 6) is 3.81. The van der Waals surface area contributed by atoms with Crippen molar-refractivity contribution >= 4 is 0 Å². The molecule has 0 spiro atoms. The molecule has 0 radical (unpaired) electrons. The lowest BCUT2D eigenvalue weighted by atomic mass is 9.48. The summed E-state index contributed by atoms with van der Waals surface area (Å²) in [7, 11) is 0. The van der Waals surface area contributed by atoms with Gasteiger partial charge in [0.05, 0.1) is 0 Å². The summed E-state index contributed by atoms with van der Waals surface area (Å²) in [6.07, 6.45) is 9.28. The molecule has 3 heteroatoms. The van der Waals surface area contributed by atoms with Crippen LogP contribution < -0.4 is 10.1 Å². The van der Waals surface area contributed by atoms with Crippen molar-refractivity contribution < 1.29 is 9.84 Å². The average molecular weight is 358 g/mol. The number of hydrogen-bond donors (Lipinski definition) is 2. The second-order valence-corrected chi connectivity index (χ2v) is 9.40. The maximum Gasteiger partial charge on any atom is 0.119 e. The molecule has 5 rings (SSSR count). The van der Waals surface area contributed by atoms with E-state index in [2.05, 4.69) is 43.4 Å². The van der Waals surface area contributed by atoms with Crippen molar-refractivity contribution in [1.29, 1.82) is 0 Å². The first-order valence-corrected chi connectivity index (χ1v) is 10.7. The van der Waals surface area contributed by atoms with E-state index in [4.69, 9.17) is 4.74 Å². The minimum Gasteiger partial charge on any atom is -0.491 e. The van der Waals surface area contributed by atoms with Crippen LogP contribution in [0.3, 0.4) is 0 Å². The molecule has 2 atom stereocenters. The fraction of sp³-hybridized carbons (Fsp3) is 0.739. The summed E-state index contributed by atoms with van der Waals surface area (Å²) in [4.78, 5) is 0. The van der Waals surface area contributed by atoms with Crippen molar-refractivity contribution in [2.45, 2.75) is 76.4 Å². The molecule has 0 aromatic heterocycles. The van der Waals surface area contributed by atoms with E-state index in [0.717, 1.165) is 29.9 Å². The first-order valence-electron chi connectivity index (χ1n) is 10.7. The molecule has 1 aromatic carbocycles. The molecule has 4 saturated carbocycles. The Kier molecular flexibility index (Phi) is 5.29. The van der Waals surface area contributed by atoms with Crippen LogP contribution in [0.2, 0.25) is 0 Å². The van der Waals surface area contributed by atoms with Crippen molar-refractivity contribution in [2.75, 3.05) is 13.2 Å². The number of ether oxygens (including phenoxy) is 1. The highest BCUT2D eigenvalue weighted by atomic mass is 16.5. The van der Waals surface area contributed by atoms with Crippen LogP contribution in [0.1, 0.15) is 64.4 Å². The molecular formula is C23H35NO2. The first kappa shape index (κ1) is 18.3. The van der Waals surface area contributed by atoms with Crippen molar-refractivity contribution in [3.8, 4) is 5.75 Å². The molecule has 4 fully saturated rings. The second-order valence-electron chi connectivity index (χ2n) is 9.40. The van der Waals surface area contributed by atoms with Crippen LogP contribution in [0, 0.1) is 17.8 Å². The van der Waals surface area contributed by atoms with Crippen LogP contribution in [0.25, 0.3) is 0 Å². The molecule has 0 saturated heterocycles. The van der Waals surface area contributed by atoms with E-state index in [1.54, 1.807) is 0 Å². The van der Waals surface area contributed by atoms with Crippen LogP contribution >= 0.6 is 0 Å². The third-order valence-electron chi connectivity index (χ3n) is 7.26. The molecule has 2 N–H and O–H groups in total. The zero-order chi connectivity index (χ0) is 18.1. The number of rotatable bonds is 8. The fourth-order valence-corrected chi connectivity index (χ4v) is 6.10. The molecule has 0 unspecified atom stereocenters. The van der Waals surface area contributed by atoms with Gasteiger partial charge in [-0.05, 0) is 92.7 Å². The Bertz CT molecular complexity index is 561. The standard InChI is InChI=1S/C23H35NO2/c1-3-16(2)24-14-21(25)15-26-22-6-4-20(5-7-22)23-11-17-8-18(12-23)10-19(9-17)13-23/h4-7,16-19,21,24-25H,3,8-15H2,1-2H3/t16-,17?,18?,19?,21-,23?/m0/s1. The first-order chi connectivity index (χ1) is 12.6. The maximum atomic E-state index is 10.1. The smallest absolute Gasteiger partial charge is 0.119 e. The van der Waals surface area contributed by atoms with E-state index in [0.29, 0.717) is 24.6 Å². The number of aliphatic hydroxyl groups is 1. The quantitative estimate of drug-likeness (QED) is 0.729. The predicted octanol–water partition coefficient (Wildman–Crippen LogP) is 4.28. The molecular weight excluding hydrogens is 322 g/mol. The van der Waals surface area contributed by atoms with Gasteiger partial charge in [-0.25, -0.2) is 0 Å². The van der Waals surface area contributed by atoms with Crippen LogP contribution in [-0.4, -0.2) is 30.4 Å². The normalized spacial score (nSPS) is 34.7.